The number of rotatable bonds is 6. The molecule has 0 saturated carbocycles. The highest BCUT2D eigenvalue weighted by molar-refractivity contribution is 6.31. The number of hydrogen-bond donors (Lipinski definition) is 1. The van der Waals surface area contributed by atoms with Gasteiger partial charge >= 0.3 is 0 Å². The first-order chi connectivity index (χ1) is 9.85. The van der Waals surface area contributed by atoms with Gasteiger partial charge in [0.05, 0.1) is 0 Å². The van der Waals surface area contributed by atoms with Gasteiger partial charge in [-0.05, 0) is 38.0 Å². The summed E-state index contributed by atoms with van der Waals surface area (Å²) in [6.45, 7) is 7.87. The van der Waals surface area contributed by atoms with Gasteiger partial charge in [0.1, 0.15) is 0 Å². The molecule has 1 atom stereocenters. The molecular weight excluding hydrogens is 288 g/mol. The van der Waals surface area contributed by atoms with Crippen molar-refractivity contribution in [3.8, 4) is 0 Å². The number of nitrogens with one attached hydrogen (secondary N) is 1. The highest BCUT2D eigenvalue weighted by Gasteiger charge is 2.16. The van der Waals surface area contributed by atoms with Crippen LogP contribution in [-0.2, 0) is 9.59 Å². The summed E-state index contributed by atoms with van der Waals surface area (Å²) in [5.41, 5.74) is 1.64. The Bertz CT molecular complexity index is 517. The second kappa shape index (κ2) is 8.03. The summed E-state index contributed by atoms with van der Waals surface area (Å²) in [5, 5.41) is 3.42. The maximum absolute atomic E-state index is 12.0. The number of carbonyl (C=O) groups excluding carboxylic acids is 2. The minimum atomic E-state index is -0.121. The third kappa shape index (κ3) is 5.38. The number of carbonyl (C=O) groups is 2. The standard InChI is InChI=1S/C16H23ClN2O2/c1-5-12(3)19(13(4)20)9-8-16(21)18-14-7-6-11(2)15(17)10-14/h6-7,10,12H,5,8-9H2,1-4H3,(H,18,21). The Balaban J connectivity index is 2.56. The van der Waals surface area contributed by atoms with E-state index in [4.69, 9.17) is 11.6 Å². The molecule has 0 aliphatic carbocycles. The molecule has 116 valence electrons. The first kappa shape index (κ1) is 17.5. The molecule has 0 bridgehead atoms. The van der Waals surface area contributed by atoms with E-state index < -0.39 is 0 Å². The van der Waals surface area contributed by atoms with Crippen LogP contribution >= 0.6 is 11.6 Å². The molecule has 2 amide bonds. The van der Waals surface area contributed by atoms with E-state index >= 15 is 0 Å². The van der Waals surface area contributed by atoms with Crippen LogP contribution in [0.2, 0.25) is 5.02 Å². The highest BCUT2D eigenvalue weighted by atomic mass is 35.5. The first-order valence-electron chi connectivity index (χ1n) is 7.18. The van der Waals surface area contributed by atoms with Gasteiger partial charge in [-0.25, -0.2) is 0 Å². The van der Waals surface area contributed by atoms with Gasteiger partial charge in [-0.3, -0.25) is 9.59 Å². The van der Waals surface area contributed by atoms with Crippen molar-refractivity contribution in [3.05, 3.63) is 28.8 Å². The van der Waals surface area contributed by atoms with E-state index in [2.05, 4.69) is 5.32 Å². The van der Waals surface area contributed by atoms with Crippen molar-refractivity contribution in [3.63, 3.8) is 0 Å². The van der Waals surface area contributed by atoms with Crippen molar-refractivity contribution >= 4 is 29.1 Å². The molecule has 0 aliphatic heterocycles. The topological polar surface area (TPSA) is 49.4 Å². The third-order valence-corrected chi connectivity index (χ3v) is 3.97. The lowest BCUT2D eigenvalue weighted by molar-refractivity contribution is -0.131. The van der Waals surface area contributed by atoms with Gasteiger partial charge in [0.15, 0.2) is 0 Å². The molecule has 1 unspecified atom stereocenters. The van der Waals surface area contributed by atoms with E-state index in [1.165, 1.54) is 6.92 Å². The highest BCUT2D eigenvalue weighted by Crippen LogP contribution is 2.20. The molecule has 1 aromatic carbocycles. The number of benzene rings is 1. The molecule has 1 N–H and O–H groups in total. The number of aryl methyl sites for hydroxylation is 1. The largest absolute Gasteiger partial charge is 0.340 e. The second-order valence-corrected chi connectivity index (χ2v) is 5.64. The quantitative estimate of drug-likeness (QED) is 0.872. The van der Waals surface area contributed by atoms with Crippen molar-refractivity contribution in [2.45, 2.75) is 46.6 Å². The molecule has 0 heterocycles. The second-order valence-electron chi connectivity index (χ2n) is 5.23. The van der Waals surface area contributed by atoms with Crippen LogP contribution in [0.4, 0.5) is 5.69 Å². The van der Waals surface area contributed by atoms with Crippen LogP contribution in [0.1, 0.15) is 39.2 Å². The fraction of sp³-hybridized carbons (Fsp3) is 0.500. The van der Waals surface area contributed by atoms with Crippen LogP contribution in [0.3, 0.4) is 0 Å². The minimum Gasteiger partial charge on any atom is -0.340 e. The Morgan fingerprint density at radius 2 is 2.05 bits per heavy atom. The summed E-state index contributed by atoms with van der Waals surface area (Å²) in [4.78, 5) is 25.3. The zero-order valence-electron chi connectivity index (χ0n) is 13.1. The summed E-state index contributed by atoms with van der Waals surface area (Å²) < 4.78 is 0. The molecule has 0 aromatic heterocycles. The monoisotopic (exact) mass is 310 g/mol. The van der Waals surface area contributed by atoms with Crippen molar-refractivity contribution in [1.29, 1.82) is 0 Å². The van der Waals surface area contributed by atoms with Gasteiger partial charge in [0, 0.05) is 36.6 Å². The van der Waals surface area contributed by atoms with Crippen molar-refractivity contribution in [2.75, 3.05) is 11.9 Å². The number of anilines is 1. The normalized spacial score (nSPS) is 11.9. The van der Waals surface area contributed by atoms with Crippen molar-refractivity contribution in [1.82, 2.24) is 4.90 Å². The molecule has 21 heavy (non-hydrogen) atoms. The summed E-state index contributed by atoms with van der Waals surface area (Å²) in [5.74, 6) is -0.125. The van der Waals surface area contributed by atoms with E-state index in [9.17, 15) is 9.59 Å². The van der Waals surface area contributed by atoms with Crippen LogP contribution < -0.4 is 5.32 Å². The molecule has 0 radical (unpaired) electrons. The predicted octanol–water partition coefficient (Wildman–Crippen LogP) is 3.62. The van der Waals surface area contributed by atoms with E-state index in [0.29, 0.717) is 17.3 Å². The lowest BCUT2D eigenvalue weighted by atomic mass is 10.2. The Morgan fingerprint density at radius 3 is 2.57 bits per heavy atom. The lowest BCUT2D eigenvalue weighted by Crippen LogP contribution is -2.38. The number of nitrogens with zero attached hydrogens (tertiary/aromatic N) is 1. The molecule has 0 spiro atoms. The Labute approximate surface area is 131 Å². The van der Waals surface area contributed by atoms with Crippen LogP contribution in [0.5, 0.6) is 0 Å². The zero-order chi connectivity index (χ0) is 16.0. The smallest absolute Gasteiger partial charge is 0.226 e. The van der Waals surface area contributed by atoms with Crippen LogP contribution in [0.15, 0.2) is 18.2 Å². The van der Waals surface area contributed by atoms with E-state index in [1.807, 2.05) is 32.9 Å². The fourth-order valence-corrected chi connectivity index (χ4v) is 2.21. The third-order valence-electron chi connectivity index (χ3n) is 3.56. The minimum absolute atomic E-state index is 0.00414. The molecular formula is C16H23ClN2O2. The molecule has 1 rings (SSSR count). The fourth-order valence-electron chi connectivity index (χ4n) is 2.02. The predicted molar refractivity (Wildman–Crippen MR) is 86.6 cm³/mol. The van der Waals surface area contributed by atoms with E-state index in [1.54, 1.807) is 11.0 Å². The molecule has 0 fully saturated rings. The van der Waals surface area contributed by atoms with Gasteiger partial charge in [-0.15, -0.1) is 0 Å². The van der Waals surface area contributed by atoms with Crippen molar-refractivity contribution < 1.29 is 9.59 Å². The SMILES string of the molecule is CCC(C)N(CCC(=O)Nc1ccc(C)c(Cl)c1)C(C)=O. The van der Waals surface area contributed by atoms with Crippen LogP contribution in [0.25, 0.3) is 0 Å². The zero-order valence-corrected chi connectivity index (χ0v) is 13.8. The van der Waals surface area contributed by atoms with E-state index in [-0.39, 0.29) is 24.3 Å². The van der Waals surface area contributed by atoms with Gasteiger partial charge in [-0.1, -0.05) is 24.6 Å². The Morgan fingerprint density at radius 1 is 1.38 bits per heavy atom. The number of halogens is 1. The van der Waals surface area contributed by atoms with Crippen LogP contribution in [-0.4, -0.2) is 29.3 Å². The van der Waals surface area contributed by atoms with E-state index in [0.717, 1.165) is 12.0 Å². The van der Waals surface area contributed by atoms with Crippen LogP contribution in [0, 0.1) is 6.92 Å². The number of hydrogen-bond acceptors (Lipinski definition) is 2. The summed E-state index contributed by atoms with van der Waals surface area (Å²) in [7, 11) is 0. The van der Waals surface area contributed by atoms with Gasteiger partial charge < -0.3 is 10.2 Å². The Hall–Kier alpha value is -1.55. The summed E-state index contributed by atoms with van der Waals surface area (Å²) >= 11 is 6.02. The summed E-state index contributed by atoms with van der Waals surface area (Å²) in [6, 6.07) is 5.55. The molecule has 1 aromatic rings. The van der Waals surface area contributed by atoms with Gasteiger partial charge in [0.25, 0.3) is 0 Å². The maximum atomic E-state index is 12.0. The van der Waals surface area contributed by atoms with Gasteiger partial charge in [-0.2, -0.15) is 0 Å². The number of amides is 2. The average molecular weight is 311 g/mol. The molecule has 0 saturated heterocycles. The summed E-state index contributed by atoms with van der Waals surface area (Å²) in [6.07, 6.45) is 1.14. The Kier molecular flexibility index (Phi) is 6.69. The molecule has 4 nitrogen and oxygen atoms in total. The van der Waals surface area contributed by atoms with Gasteiger partial charge in [0.2, 0.25) is 11.8 Å². The average Bonchev–Trinajstić information content (AvgIpc) is 2.42. The maximum Gasteiger partial charge on any atom is 0.226 e. The van der Waals surface area contributed by atoms with Crippen molar-refractivity contribution in [2.24, 2.45) is 0 Å². The molecule has 5 heteroatoms. The lowest BCUT2D eigenvalue weighted by Gasteiger charge is -2.27. The first-order valence-corrected chi connectivity index (χ1v) is 7.56. The molecule has 0 aliphatic rings.